The molecule has 0 N–H and O–H groups in total. The molecule has 0 aliphatic rings. The molecule has 16 heavy (non-hydrogen) atoms. The van der Waals surface area contributed by atoms with Crippen molar-refractivity contribution in [2.75, 3.05) is 0 Å². The van der Waals surface area contributed by atoms with Gasteiger partial charge in [0.05, 0.1) is 11.1 Å². The topological polar surface area (TPSA) is 0 Å². The van der Waals surface area contributed by atoms with Crippen LogP contribution in [0.5, 0.6) is 0 Å². The summed E-state index contributed by atoms with van der Waals surface area (Å²) in [7, 11) is 0. The van der Waals surface area contributed by atoms with Crippen LogP contribution in [-0.4, -0.2) is 23.1 Å². The Morgan fingerprint density at radius 2 is 1.06 bits per heavy atom. The second-order valence-corrected chi connectivity index (χ2v) is 3.64. The lowest BCUT2D eigenvalue weighted by Gasteiger charge is -2.11. The summed E-state index contributed by atoms with van der Waals surface area (Å²) in [6.45, 7) is 0. The fraction of sp³-hybridized carbons (Fsp3) is 0.250. The summed E-state index contributed by atoms with van der Waals surface area (Å²) in [4.78, 5) is 0. The van der Waals surface area contributed by atoms with E-state index in [2.05, 4.69) is 15.9 Å². The van der Waals surface area contributed by atoms with Crippen molar-refractivity contribution in [1.29, 1.82) is 0 Å². The van der Waals surface area contributed by atoms with Crippen LogP contribution in [-0.2, 0) is 12.4 Å². The highest BCUT2D eigenvalue weighted by molar-refractivity contribution is 9.10. The molecular formula is C8H5BrF6Mg. The van der Waals surface area contributed by atoms with E-state index in [9.17, 15) is 26.3 Å². The number of benzene rings is 1. The fourth-order valence-corrected chi connectivity index (χ4v) is 1.41. The van der Waals surface area contributed by atoms with E-state index in [0.29, 0.717) is 12.1 Å². The fourth-order valence-electron chi connectivity index (χ4n) is 0.917. The second kappa shape index (κ2) is 5.13. The predicted molar refractivity (Wildman–Crippen MR) is 52.7 cm³/mol. The van der Waals surface area contributed by atoms with Crippen LogP contribution in [0.4, 0.5) is 26.3 Å². The third-order valence-corrected chi connectivity index (χ3v) is 2.01. The van der Waals surface area contributed by atoms with E-state index in [0.717, 1.165) is 0 Å². The van der Waals surface area contributed by atoms with Gasteiger partial charge in [-0.15, -0.1) is 0 Å². The van der Waals surface area contributed by atoms with Gasteiger partial charge in [-0.1, -0.05) is 15.9 Å². The molecule has 1 aromatic rings. The van der Waals surface area contributed by atoms with E-state index >= 15 is 0 Å². The first-order chi connectivity index (χ1) is 6.60. The summed E-state index contributed by atoms with van der Waals surface area (Å²) < 4.78 is 72.6. The van der Waals surface area contributed by atoms with Gasteiger partial charge in [0.2, 0.25) is 0 Å². The van der Waals surface area contributed by atoms with Crippen molar-refractivity contribution in [3.8, 4) is 0 Å². The van der Waals surface area contributed by atoms with Crippen LogP contribution in [0.15, 0.2) is 22.7 Å². The van der Waals surface area contributed by atoms with Gasteiger partial charge in [-0.25, -0.2) is 0 Å². The summed E-state index contributed by atoms with van der Waals surface area (Å²) in [5, 5.41) is 0. The third kappa shape index (κ3) is 4.13. The van der Waals surface area contributed by atoms with Gasteiger partial charge in [0, 0.05) is 4.47 Å². The molecule has 0 unspecified atom stereocenters. The van der Waals surface area contributed by atoms with Crippen molar-refractivity contribution >= 4 is 39.0 Å². The van der Waals surface area contributed by atoms with Crippen LogP contribution < -0.4 is 0 Å². The monoisotopic (exact) mass is 318 g/mol. The Balaban J connectivity index is 0.00000225. The van der Waals surface area contributed by atoms with Gasteiger partial charge in [0.1, 0.15) is 0 Å². The summed E-state index contributed by atoms with van der Waals surface area (Å²) in [5.74, 6) is 0. The molecule has 0 nitrogen and oxygen atoms in total. The molecule has 0 spiro atoms. The predicted octanol–water partition coefficient (Wildman–Crippen LogP) is 3.57. The molecule has 88 valence electrons. The minimum atomic E-state index is -4.79. The Morgan fingerprint density at radius 3 is 1.31 bits per heavy atom. The lowest BCUT2D eigenvalue weighted by atomic mass is 10.1. The van der Waals surface area contributed by atoms with Crippen molar-refractivity contribution in [2.45, 2.75) is 12.4 Å². The average molecular weight is 319 g/mol. The zero-order valence-electron chi connectivity index (χ0n) is 6.88. The van der Waals surface area contributed by atoms with E-state index in [1.54, 1.807) is 0 Å². The maximum Gasteiger partial charge on any atom is 0.416 e. The molecule has 1 aromatic carbocycles. The van der Waals surface area contributed by atoms with Gasteiger partial charge in [0.15, 0.2) is 0 Å². The Morgan fingerprint density at radius 1 is 0.750 bits per heavy atom. The number of rotatable bonds is 0. The van der Waals surface area contributed by atoms with Crippen molar-refractivity contribution in [2.24, 2.45) is 0 Å². The largest absolute Gasteiger partial charge is 0.416 e. The Kier molecular flexibility index (Phi) is 5.15. The van der Waals surface area contributed by atoms with E-state index in [1.165, 1.54) is 0 Å². The SMILES string of the molecule is FC(F)(F)c1cc(Br)cc(C(F)(F)F)c1.[MgH2]. The van der Waals surface area contributed by atoms with Crippen LogP contribution in [0, 0.1) is 0 Å². The van der Waals surface area contributed by atoms with E-state index in [1.807, 2.05) is 0 Å². The minimum Gasteiger partial charge on any atom is -0.166 e. The highest BCUT2D eigenvalue weighted by Gasteiger charge is 2.36. The van der Waals surface area contributed by atoms with Crippen LogP contribution in [0.2, 0.25) is 0 Å². The Bertz CT molecular complexity index is 338. The lowest BCUT2D eigenvalue weighted by Crippen LogP contribution is -2.10. The number of hydrogen-bond acceptors (Lipinski definition) is 0. The van der Waals surface area contributed by atoms with E-state index < -0.39 is 23.5 Å². The maximum absolute atomic E-state index is 12.1. The smallest absolute Gasteiger partial charge is 0.166 e. The minimum absolute atomic E-state index is 0. The van der Waals surface area contributed by atoms with Crippen LogP contribution in [0.3, 0.4) is 0 Å². The molecule has 0 saturated heterocycles. The quantitative estimate of drug-likeness (QED) is 0.507. The first kappa shape index (κ1) is 16.0. The molecule has 0 saturated carbocycles. The lowest BCUT2D eigenvalue weighted by molar-refractivity contribution is -0.143. The normalized spacial score (nSPS) is 12.2. The van der Waals surface area contributed by atoms with Crippen molar-refractivity contribution < 1.29 is 26.3 Å². The molecule has 8 heteroatoms. The second-order valence-electron chi connectivity index (χ2n) is 2.72. The standard InChI is InChI=1S/C8H3BrF6.Mg.2H/c9-6-2-4(7(10,11)12)1-5(3-6)8(13,14)15;;;/h1-3H;;;. The first-order valence-electron chi connectivity index (χ1n) is 3.55. The number of hydrogen-bond donors (Lipinski definition) is 0. The van der Waals surface area contributed by atoms with Gasteiger partial charge in [0.25, 0.3) is 0 Å². The highest BCUT2D eigenvalue weighted by Crippen LogP contribution is 2.37. The molecule has 0 aliphatic heterocycles. The molecule has 0 radical (unpaired) electrons. The molecule has 0 fully saturated rings. The van der Waals surface area contributed by atoms with E-state index in [-0.39, 0.29) is 33.6 Å². The molecule has 0 amide bonds. The summed E-state index contributed by atoms with van der Waals surface area (Å²) in [6.07, 6.45) is -9.58. The summed E-state index contributed by atoms with van der Waals surface area (Å²) in [6, 6.07) is 1.26. The van der Waals surface area contributed by atoms with Gasteiger partial charge in [-0.2, -0.15) is 26.3 Å². The molecule has 0 aliphatic carbocycles. The Hall–Kier alpha value is 0.0462. The van der Waals surface area contributed by atoms with Gasteiger partial charge < -0.3 is 0 Å². The Labute approximate surface area is 111 Å². The molecular weight excluding hydrogens is 314 g/mol. The third-order valence-electron chi connectivity index (χ3n) is 1.55. The number of halogens is 7. The summed E-state index contributed by atoms with van der Waals surface area (Å²) in [5.41, 5.74) is -2.66. The molecule has 0 heterocycles. The van der Waals surface area contributed by atoms with Crippen molar-refractivity contribution in [3.63, 3.8) is 0 Å². The van der Waals surface area contributed by atoms with Crippen molar-refractivity contribution in [1.82, 2.24) is 0 Å². The molecule has 0 aromatic heterocycles. The van der Waals surface area contributed by atoms with Crippen LogP contribution in [0.25, 0.3) is 0 Å². The van der Waals surface area contributed by atoms with Crippen LogP contribution >= 0.6 is 15.9 Å². The van der Waals surface area contributed by atoms with E-state index in [4.69, 9.17) is 0 Å². The van der Waals surface area contributed by atoms with Gasteiger partial charge in [-0.05, 0) is 18.2 Å². The van der Waals surface area contributed by atoms with Gasteiger partial charge in [-0.3, -0.25) is 0 Å². The zero-order chi connectivity index (χ0) is 11.9. The van der Waals surface area contributed by atoms with Crippen molar-refractivity contribution in [3.05, 3.63) is 33.8 Å². The molecule has 0 bridgehead atoms. The maximum atomic E-state index is 12.1. The molecule has 0 atom stereocenters. The van der Waals surface area contributed by atoms with Gasteiger partial charge >= 0.3 is 35.4 Å². The first-order valence-corrected chi connectivity index (χ1v) is 4.35. The number of alkyl halides is 6. The zero-order valence-corrected chi connectivity index (χ0v) is 8.46. The molecule has 1 rings (SSSR count). The average Bonchev–Trinajstić information content (AvgIpc) is 1.99. The highest BCUT2D eigenvalue weighted by atomic mass is 79.9. The summed E-state index contributed by atoms with van der Waals surface area (Å²) >= 11 is 2.60. The van der Waals surface area contributed by atoms with Crippen LogP contribution in [0.1, 0.15) is 11.1 Å².